The third-order valence-corrected chi connectivity index (χ3v) is 5.39. The van der Waals surface area contributed by atoms with Crippen molar-refractivity contribution in [1.82, 2.24) is 9.88 Å². The third-order valence-electron chi connectivity index (χ3n) is 4.27. The van der Waals surface area contributed by atoms with Gasteiger partial charge in [0.2, 0.25) is 5.91 Å². The summed E-state index contributed by atoms with van der Waals surface area (Å²) in [4.78, 5) is 31.4. The lowest BCUT2D eigenvalue weighted by Crippen LogP contribution is -2.36. The van der Waals surface area contributed by atoms with Crippen molar-refractivity contribution in [3.63, 3.8) is 0 Å². The first-order chi connectivity index (χ1) is 13.2. The van der Waals surface area contributed by atoms with Crippen LogP contribution in [0.25, 0.3) is 0 Å². The highest BCUT2D eigenvalue weighted by Crippen LogP contribution is 2.23. The van der Waals surface area contributed by atoms with E-state index in [0.29, 0.717) is 6.54 Å². The Hall–Kier alpha value is -2.25. The molecule has 0 unspecified atom stereocenters. The van der Waals surface area contributed by atoms with Crippen LogP contribution in [-0.2, 0) is 32.7 Å². The molecule has 2 aromatic rings. The monoisotopic (exact) mass is 403 g/mol. The molecule has 0 bridgehead atoms. The molecule has 0 aliphatic carbocycles. The molecule has 1 heterocycles. The first-order valence-corrected chi connectivity index (χ1v) is 10.2. The fraction of sp³-hybridized carbons (Fsp3) is 0.476. The largest absolute Gasteiger partial charge is 0.468 e. The molecule has 0 radical (unpaired) electrons. The van der Waals surface area contributed by atoms with E-state index < -0.39 is 0 Å². The van der Waals surface area contributed by atoms with Crippen molar-refractivity contribution in [2.75, 3.05) is 25.5 Å². The van der Waals surface area contributed by atoms with Gasteiger partial charge in [-0.2, -0.15) is 0 Å². The van der Waals surface area contributed by atoms with E-state index in [4.69, 9.17) is 4.74 Å². The Morgan fingerprint density at radius 1 is 1.18 bits per heavy atom. The van der Waals surface area contributed by atoms with Gasteiger partial charge in [-0.1, -0.05) is 39.8 Å². The van der Waals surface area contributed by atoms with Crippen LogP contribution in [0.5, 0.6) is 0 Å². The lowest BCUT2D eigenvalue weighted by molar-refractivity contribution is -0.142. The maximum absolute atomic E-state index is 12.5. The predicted octanol–water partition coefficient (Wildman–Crippen LogP) is 3.62. The number of esters is 1. The minimum absolute atomic E-state index is 0.0479. The normalized spacial score (nSPS) is 11.5. The second kappa shape index (κ2) is 9.80. The number of nitrogens with one attached hydrogen (secondary N) is 1. The van der Waals surface area contributed by atoms with Gasteiger partial charge in [-0.3, -0.25) is 14.5 Å². The minimum Gasteiger partial charge on any atom is -0.468 e. The lowest BCUT2D eigenvalue weighted by Gasteiger charge is -2.21. The van der Waals surface area contributed by atoms with Crippen LogP contribution in [0.4, 0.5) is 5.69 Å². The Kier molecular flexibility index (Phi) is 7.71. The summed E-state index contributed by atoms with van der Waals surface area (Å²) in [5.41, 5.74) is 2.00. The van der Waals surface area contributed by atoms with Crippen LogP contribution in [0.3, 0.4) is 0 Å². The number of hydrogen-bond acceptors (Lipinski definition) is 6. The molecule has 1 aromatic carbocycles. The Labute approximate surface area is 170 Å². The number of rotatable bonds is 8. The SMILES string of the molecule is CCc1ncc(CN(CC(=O)Nc2ccc(C(C)(C)C)cc2)CC(=O)OC)s1. The summed E-state index contributed by atoms with van der Waals surface area (Å²) in [5.74, 6) is -0.546. The van der Waals surface area contributed by atoms with Crippen LogP contribution < -0.4 is 5.32 Å². The molecule has 0 atom stereocenters. The molecule has 1 amide bonds. The zero-order valence-electron chi connectivity index (χ0n) is 17.2. The molecule has 0 saturated carbocycles. The van der Waals surface area contributed by atoms with E-state index in [0.717, 1.165) is 22.0 Å². The van der Waals surface area contributed by atoms with Crippen molar-refractivity contribution < 1.29 is 14.3 Å². The zero-order chi connectivity index (χ0) is 20.7. The topological polar surface area (TPSA) is 71.5 Å². The average molecular weight is 404 g/mol. The quantitative estimate of drug-likeness (QED) is 0.682. The number of anilines is 1. The number of carbonyl (C=O) groups excluding carboxylic acids is 2. The van der Waals surface area contributed by atoms with Gasteiger partial charge in [0.1, 0.15) is 0 Å². The second-order valence-corrected chi connectivity index (χ2v) is 8.87. The summed E-state index contributed by atoms with van der Waals surface area (Å²) < 4.78 is 4.77. The number of aryl methyl sites for hydroxylation is 1. The minimum atomic E-state index is -0.373. The second-order valence-electron chi connectivity index (χ2n) is 7.67. The number of aromatic nitrogens is 1. The summed E-state index contributed by atoms with van der Waals surface area (Å²) in [6, 6.07) is 7.84. The summed E-state index contributed by atoms with van der Waals surface area (Å²) in [6.07, 6.45) is 2.67. The van der Waals surface area contributed by atoms with Gasteiger partial charge in [-0.15, -0.1) is 11.3 Å². The van der Waals surface area contributed by atoms with Crippen molar-refractivity contribution in [2.45, 2.75) is 46.1 Å². The molecular formula is C21H29N3O3S. The van der Waals surface area contributed by atoms with Crippen molar-refractivity contribution >= 4 is 28.9 Å². The molecule has 6 nitrogen and oxygen atoms in total. The van der Waals surface area contributed by atoms with E-state index in [9.17, 15) is 9.59 Å². The van der Waals surface area contributed by atoms with E-state index in [-0.39, 0.29) is 30.4 Å². The van der Waals surface area contributed by atoms with Crippen molar-refractivity contribution in [1.29, 1.82) is 0 Å². The predicted molar refractivity (Wildman–Crippen MR) is 113 cm³/mol. The fourth-order valence-electron chi connectivity index (χ4n) is 2.68. The Morgan fingerprint density at radius 2 is 1.86 bits per heavy atom. The van der Waals surface area contributed by atoms with Gasteiger partial charge in [0.25, 0.3) is 0 Å². The number of thiazole rings is 1. The number of carbonyl (C=O) groups is 2. The standard InChI is InChI=1S/C21H29N3O3S/c1-6-19-22-11-17(28-19)12-24(14-20(26)27-5)13-18(25)23-16-9-7-15(8-10-16)21(2,3)4/h7-11H,6,12-14H2,1-5H3,(H,23,25). The molecule has 1 aromatic heterocycles. The van der Waals surface area contributed by atoms with Crippen molar-refractivity contribution in [3.8, 4) is 0 Å². The van der Waals surface area contributed by atoms with Gasteiger partial charge in [0, 0.05) is 23.3 Å². The molecule has 0 saturated heterocycles. The summed E-state index contributed by atoms with van der Waals surface area (Å²) in [7, 11) is 1.35. The highest BCUT2D eigenvalue weighted by molar-refractivity contribution is 7.11. The van der Waals surface area contributed by atoms with Gasteiger partial charge in [0.15, 0.2) is 0 Å². The number of methoxy groups -OCH3 is 1. The number of ether oxygens (including phenoxy) is 1. The molecule has 0 spiro atoms. The molecule has 7 heteroatoms. The maximum Gasteiger partial charge on any atom is 0.319 e. The van der Waals surface area contributed by atoms with Crippen LogP contribution in [0, 0.1) is 0 Å². The average Bonchev–Trinajstić information content (AvgIpc) is 3.08. The van der Waals surface area contributed by atoms with Crippen LogP contribution in [0.1, 0.15) is 43.1 Å². The van der Waals surface area contributed by atoms with E-state index in [1.807, 2.05) is 31.2 Å². The Balaban J connectivity index is 2.01. The van der Waals surface area contributed by atoms with Crippen LogP contribution >= 0.6 is 11.3 Å². The summed E-state index contributed by atoms with van der Waals surface area (Å²) >= 11 is 1.59. The maximum atomic E-state index is 12.5. The molecule has 0 aliphatic heterocycles. The highest BCUT2D eigenvalue weighted by atomic mass is 32.1. The van der Waals surface area contributed by atoms with Crippen molar-refractivity contribution in [3.05, 3.63) is 45.9 Å². The van der Waals surface area contributed by atoms with Gasteiger partial charge in [0.05, 0.1) is 25.2 Å². The van der Waals surface area contributed by atoms with E-state index in [1.54, 1.807) is 22.4 Å². The number of benzene rings is 1. The number of nitrogens with zero attached hydrogens (tertiary/aromatic N) is 2. The smallest absolute Gasteiger partial charge is 0.319 e. The van der Waals surface area contributed by atoms with Crippen molar-refractivity contribution in [2.24, 2.45) is 0 Å². The molecular weight excluding hydrogens is 374 g/mol. The number of hydrogen-bond donors (Lipinski definition) is 1. The van der Waals surface area contributed by atoms with E-state index in [1.165, 1.54) is 12.7 Å². The van der Waals surface area contributed by atoms with Gasteiger partial charge < -0.3 is 10.1 Å². The van der Waals surface area contributed by atoms with E-state index in [2.05, 4.69) is 31.1 Å². The van der Waals surface area contributed by atoms with Crippen LogP contribution in [0.15, 0.2) is 30.5 Å². The molecule has 152 valence electrons. The molecule has 1 N–H and O–H groups in total. The van der Waals surface area contributed by atoms with Gasteiger partial charge in [-0.05, 0) is 29.5 Å². The zero-order valence-corrected chi connectivity index (χ0v) is 18.1. The molecule has 0 aliphatic rings. The lowest BCUT2D eigenvalue weighted by atomic mass is 9.87. The van der Waals surface area contributed by atoms with Gasteiger partial charge in [-0.25, -0.2) is 4.98 Å². The molecule has 0 fully saturated rings. The van der Waals surface area contributed by atoms with Gasteiger partial charge >= 0.3 is 5.97 Å². The molecule has 2 rings (SSSR count). The van der Waals surface area contributed by atoms with Crippen LogP contribution in [0.2, 0.25) is 0 Å². The third kappa shape index (κ3) is 6.73. The van der Waals surface area contributed by atoms with E-state index >= 15 is 0 Å². The summed E-state index contributed by atoms with van der Waals surface area (Å²) in [6.45, 7) is 9.11. The highest BCUT2D eigenvalue weighted by Gasteiger charge is 2.18. The molecule has 28 heavy (non-hydrogen) atoms. The first-order valence-electron chi connectivity index (χ1n) is 9.34. The first kappa shape index (κ1) is 22.0. The fourth-order valence-corrected chi connectivity index (χ4v) is 3.58. The number of amides is 1. The Morgan fingerprint density at radius 3 is 2.39 bits per heavy atom. The summed E-state index contributed by atoms with van der Waals surface area (Å²) in [5, 5.41) is 3.94. The Bertz CT molecular complexity index is 794. The van der Waals surface area contributed by atoms with Crippen LogP contribution in [-0.4, -0.2) is 42.0 Å².